The Morgan fingerprint density at radius 3 is 1.29 bits per heavy atom. The van der Waals surface area contributed by atoms with E-state index in [1.165, 1.54) is 28.8 Å². The van der Waals surface area contributed by atoms with Crippen LogP contribution in [0.5, 0.6) is 0 Å². The van der Waals surface area contributed by atoms with Crippen LogP contribution < -0.4 is 0 Å². The van der Waals surface area contributed by atoms with E-state index in [0.29, 0.717) is 0 Å². The van der Waals surface area contributed by atoms with Gasteiger partial charge in [0, 0.05) is 20.3 Å². The quantitative estimate of drug-likeness (QED) is 0.123. The fraction of sp³-hybridized carbons (Fsp3) is 0.0714. The summed E-state index contributed by atoms with van der Waals surface area (Å²) in [7, 11) is 0. The van der Waals surface area contributed by atoms with Crippen molar-refractivity contribution in [2.75, 3.05) is 12.5 Å². The summed E-state index contributed by atoms with van der Waals surface area (Å²) in [6.45, 7) is 0. The highest BCUT2D eigenvalue weighted by Gasteiger charge is 2.26. The van der Waals surface area contributed by atoms with E-state index in [1.807, 2.05) is 18.4 Å². The molecular weight excluding hydrogens is 660 g/mol. The van der Waals surface area contributed by atoms with Crippen LogP contribution in [-0.2, 0) is 0 Å². The van der Waals surface area contributed by atoms with Crippen molar-refractivity contribution < 1.29 is 35.1 Å². The molecule has 4 aromatic carbocycles. The van der Waals surface area contributed by atoms with E-state index in [4.69, 9.17) is 10.5 Å². The summed E-state index contributed by atoms with van der Waals surface area (Å²) in [4.78, 5) is 2.14. The number of benzene rings is 4. The van der Waals surface area contributed by atoms with Gasteiger partial charge in [0.2, 0.25) is 0 Å². The van der Waals surface area contributed by atoms with Crippen molar-refractivity contribution in [1.29, 1.82) is 10.5 Å². The largest absolute Gasteiger partial charge is 0.204 e. The van der Waals surface area contributed by atoms with Gasteiger partial charge in [-0.05, 0) is 54.5 Å². The van der Waals surface area contributed by atoms with Gasteiger partial charge in [-0.2, -0.15) is 10.5 Å². The van der Waals surface area contributed by atoms with Crippen LogP contribution in [0.15, 0.2) is 68.9 Å². The van der Waals surface area contributed by atoms with Gasteiger partial charge in [-0.25, -0.2) is 35.1 Å². The van der Waals surface area contributed by atoms with Crippen LogP contribution in [0.1, 0.15) is 11.1 Å². The topological polar surface area (TPSA) is 47.6 Å². The van der Waals surface area contributed by atoms with Crippen molar-refractivity contribution in [3.05, 3.63) is 117 Å². The molecular formula is C28H15BrF8N2S2. The zero-order chi connectivity index (χ0) is 30.9. The van der Waals surface area contributed by atoms with Crippen molar-refractivity contribution in [2.24, 2.45) is 0 Å². The summed E-state index contributed by atoms with van der Waals surface area (Å²) >= 11 is 6.54. The number of halogens is 9. The van der Waals surface area contributed by atoms with Gasteiger partial charge in [0.15, 0.2) is 46.5 Å². The number of nitriles is 2. The van der Waals surface area contributed by atoms with Crippen LogP contribution in [0.3, 0.4) is 0 Å². The van der Waals surface area contributed by atoms with E-state index in [0.717, 1.165) is 21.5 Å². The molecule has 4 rings (SSSR count). The third-order valence-electron chi connectivity index (χ3n) is 5.03. The maximum absolute atomic E-state index is 13.8. The Hall–Kier alpha value is -3.52. The Morgan fingerprint density at radius 2 is 0.927 bits per heavy atom. The predicted molar refractivity (Wildman–Crippen MR) is 145 cm³/mol. The lowest BCUT2D eigenvalue weighted by molar-refractivity contribution is 0.450. The summed E-state index contributed by atoms with van der Waals surface area (Å²) < 4.78 is 105. The van der Waals surface area contributed by atoms with Crippen LogP contribution >= 0.6 is 39.5 Å². The first kappa shape index (κ1) is 33.7. The summed E-state index contributed by atoms with van der Waals surface area (Å²) in [5.74, 6) is -13.0. The molecule has 0 saturated heterocycles. The molecule has 0 unspecified atom stereocenters. The Labute approximate surface area is 246 Å². The zero-order valence-corrected chi connectivity index (χ0v) is 24.0. The molecule has 0 saturated carbocycles. The number of hydrogen-bond acceptors (Lipinski definition) is 4. The van der Waals surface area contributed by atoms with Crippen LogP contribution in [-0.4, -0.2) is 12.5 Å². The lowest BCUT2D eigenvalue weighted by atomic mass is 10.0. The van der Waals surface area contributed by atoms with Gasteiger partial charge in [0.25, 0.3) is 0 Å². The SMILES string of the molecule is CSc1ccc(-c2c(F)c(F)c(C#N)c(F)c2F)cc1.CSc1ccc(Br)cc1.N#Cc1c(F)c(F)cc(F)c1F. The molecule has 0 bridgehead atoms. The molecule has 0 N–H and O–H groups in total. The Bertz CT molecular complexity index is 1560. The second-order valence-corrected chi connectivity index (χ2v) is 10.1. The highest BCUT2D eigenvalue weighted by atomic mass is 79.9. The van der Waals surface area contributed by atoms with Gasteiger partial charge in [0.1, 0.15) is 23.3 Å². The van der Waals surface area contributed by atoms with Gasteiger partial charge >= 0.3 is 0 Å². The third kappa shape index (κ3) is 8.26. The number of nitrogens with zero attached hydrogens (tertiary/aromatic N) is 2. The average molecular weight is 675 g/mol. The second kappa shape index (κ2) is 15.5. The molecule has 0 fully saturated rings. The van der Waals surface area contributed by atoms with Crippen molar-refractivity contribution >= 4 is 39.5 Å². The van der Waals surface area contributed by atoms with Crippen molar-refractivity contribution in [2.45, 2.75) is 9.79 Å². The van der Waals surface area contributed by atoms with Crippen molar-refractivity contribution in [3.63, 3.8) is 0 Å². The first-order chi connectivity index (χ1) is 19.4. The predicted octanol–water partition coefficient (Wildman–Crippen LogP) is 9.79. The van der Waals surface area contributed by atoms with E-state index >= 15 is 0 Å². The highest BCUT2D eigenvalue weighted by Crippen LogP contribution is 2.32. The van der Waals surface area contributed by atoms with E-state index in [1.54, 1.807) is 23.9 Å². The Morgan fingerprint density at radius 1 is 0.561 bits per heavy atom. The fourth-order valence-corrected chi connectivity index (χ4v) is 4.06. The summed E-state index contributed by atoms with van der Waals surface area (Å²) in [5.41, 5.74) is -3.32. The molecule has 0 heterocycles. The van der Waals surface area contributed by atoms with Crippen molar-refractivity contribution in [3.8, 4) is 23.3 Å². The zero-order valence-electron chi connectivity index (χ0n) is 20.8. The van der Waals surface area contributed by atoms with Gasteiger partial charge < -0.3 is 0 Å². The molecule has 41 heavy (non-hydrogen) atoms. The van der Waals surface area contributed by atoms with Crippen LogP contribution in [0, 0.1) is 69.2 Å². The van der Waals surface area contributed by atoms with E-state index in [-0.39, 0.29) is 11.6 Å². The first-order valence-electron chi connectivity index (χ1n) is 10.8. The molecule has 0 aliphatic heterocycles. The molecule has 4 aromatic rings. The molecule has 0 aromatic heterocycles. The molecule has 0 aliphatic rings. The molecule has 212 valence electrons. The lowest BCUT2D eigenvalue weighted by Crippen LogP contribution is -2.03. The number of thioether (sulfide) groups is 2. The standard InChI is InChI=1S/C14H7F4NS.C7H7BrS.C7HF4N/c1-20-8-4-2-7(3-5-8)10-13(17)11(15)9(6-19)12(16)14(10)18;1-9-7-4-2-6(8)3-5-7;8-4-1-5(9)7(11)3(2-12)6(4)10/h2-5H,1H3;2-5H,1H3;1H. The molecule has 0 aliphatic carbocycles. The van der Waals surface area contributed by atoms with E-state index < -0.39 is 63.2 Å². The smallest absolute Gasteiger partial charge is 0.180 e. The molecule has 2 nitrogen and oxygen atoms in total. The molecule has 0 atom stereocenters. The highest BCUT2D eigenvalue weighted by molar-refractivity contribution is 9.10. The Kier molecular flexibility index (Phi) is 12.7. The maximum Gasteiger partial charge on any atom is 0.180 e. The lowest BCUT2D eigenvalue weighted by Gasteiger charge is -2.09. The summed E-state index contributed by atoms with van der Waals surface area (Å²) in [6, 6.07) is 16.3. The molecule has 0 radical (unpaired) electrons. The maximum atomic E-state index is 13.8. The minimum Gasteiger partial charge on any atom is -0.204 e. The normalized spacial score (nSPS) is 9.98. The van der Waals surface area contributed by atoms with Gasteiger partial charge in [-0.15, -0.1) is 23.5 Å². The number of rotatable bonds is 3. The average Bonchev–Trinajstić information content (AvgIpc) is 2.97. The minimum absolute atomic E-state index is 0.0000831. The fourth-order valence-electron chi connectivity index (χ4n) is 2.98. The summed E-state index contributed by atoms with van der Waals surface area (Å²) in [5, 5.41) is 16.6. The molecule has 13 heteroatoms. The Balaban J connectivity index is 0.000000237. The number of hydrogen-bond donors (Lipinski definition) is 0. The first-order valence-corrected chi connectivity index (χ1v) is 14.1. The van der Waals surface area contributed by atoms with Crippen molar-refractivity contribution in [1.82, 2.24) is 0 Å². The van der Waals surface area contributed by atoms with Crippen LogP contribution in [0.2, 0.25) is 0 Å². The van der Waals surface area contributed by atoms with Gasteiger partial charge in [-0.3, -0.25) is 0 Å². The van der Waals surface area contributed by atoms with Crippen LogP contribution in [0.4, 0.5) is 35.1 Å². The van der Waals surface area contributed by atoms with E-state index in [9.17, 15) is 35.1 Å². The van der Waals surface area contributed by atoms with E-state index in [2.05, 4.69) is 34.3 Å². The molecule has 0 spiro atoms. The third-order valence-corrected chi connectivity index (χ3v) is 7.04. The summed E-state index contributed by atoms with van der Waals surface area (Å²) in [6.07, 6.45) is 3.89. The van der Waals surface area contributed by atoms with Crippen LogP contribution in [0.25, 0.3) is 11.1 Å². The monoisotopic (exact) mass is 674 g/mol. The second-order valence-electron chi connectivity index (χ2n) is 7.46. The minimum atomic E-state index is -1.68. The van der Waals surface area contributed by atoms with Gasteiger partial charge in [0.05, 0.1) is 5.56 Å². The van der Waals surface area contributed by atoms with Gasteiger partial charge in [-0.1, -0.05) is 28.1 Å². The molecule has 0 amide bonds.